The number of β-amino-alcohol motifs (C(OH)–C–C–N with tert-alkyl or cyclic N) is 1. The fourth-order valence-corrected chi connectivity index (χ4v) is 5.38. The van der Waals surface area contributed by atoms with Crippen LogP contribution in [0.2, 0.25) is 0 Å². The molecule has 3 aromatic carbocycles. The molecule has 0 saturated carbocycles. The van der Waals surface area contributed by atoms with Crippen molar-refractivity contribution >= 4 is 34.2 Å². The number of carbonyl (C=O) groups is 2. The first-order valence-electron chi connectivity index (χ1n) is 13.8. The number of fused-ring (bicyclic) bond motifs is 1. The van der Waals surface area contributed by atoms with E-state index in [9.17, 15) is 19.8 Å². The largest absolute Gasteiger partial charge is 0.494 e. The Balaban J connectivity index is 1.39. The number of aromatic carboxylic acids is 1. The molecule has 0 unspecified atom stereocenters. The lowest BCUT2D eigenvalue weighted by atomic mass is 9.96. The number of nitrogens with one attached hydrogen (secondary N) is 2. The summed E-state index contributed by atoms with van der Waals surface area (Å²) >= 11 is 0. The molecule has 212 valence electrons. The zero-order valence-corrected chi connectivity index (χ0v) is 22.9. The Morgan fingerprint density at radius 3 is 2.39 bits per heavy atom. The van der Waals surface area contributed by atoms with Gasteiger partial charge in [-0.15, -0.1) is 0 Å². The maximum Gasteiger partial charge on any atom is 0.336 e. The van der Waals surface area contributed by atoms with Crippen molar-refractivity contribution < 1.29 is 24.9 Å². The highest BCUT2D eigenvalue weighted by atomic mass is 16.4. The van der Waals surface area contributed by atoms with E-state index in [1.165, 1.54) is 6.07 Å². The second-order valence-electron chi connectivity index (χ2n) is 10.5. The van der Waals surface area contributed by atoms with Crippen LogP contribution >= 0.6 is 0 Å². The first-order valence-corrected chi connectivity index (χ1v) is 13.8. The van der Waals surface area contributed by atoms with Crippen LogP contribution in [0.5, 0.6) is 5.88 Å². The van der Waals surface area contributed by atoms with Gasteiger partial charge in [0, 0.05) is 35.1 Å². The minimum atomic E-state index is -1.04. The van der Waals surface area contributed by atoms with Crippen LogP contribution in [0.3, 0.4) is 0 Å². The van der Waals surface area contributed by atoms with Gasteiger partial charge in [-0.2, -0.15) is 0 Å². The molecule has 5 rings (SSSR count). The van der Waals surface area contributed by atoms with Gasteiger partial charge in [-0.1, -0.05) is 30.3 Å². The highest BCUT2D eigenvalue weighted by molar-refractivity contribution is 6.22. The van der Waals surface area contributed by atoms with E-state index >= 15 is 0 Å². The van der Waals surface area contributed by atoms with Crippen LogP contribution in [0.1, 0.15) is 50.2 Å². The van der Waals surface area contributed by atoms with Crippen molar-refractivity contribution in [1.29, 1.82) is 0 Å². The predicted octanol–water partition coefficient (Wildman–Crippen LogP) is 4.48. The second kappa shape index (κ2) is 12.4. The van der Waals surface area contributed by atoms with Gasteiger partial charge in [0.2, 0.25) is 0 Å². The normalized spacial score (nSPS) is 14.8. The Labute approximate surface area is 238 Å². The standard InChI is InChI=1S/C32H34N4O5/c1-20-17-26-27(18-25(20)32(40)41)35-31(39)28(26)29(22-5-3-2-4-6-22)34-24-9-7-23(8-10-24)30(38)33-19-21-11-13-36(14-12-21)15-16-37/h2-10,17-18,21,35,37,39H,11-16,19H2,1H3,(H,33,38)(H,40,41). The molecule has 1 fully saturated rings. The lowest BCUT2D eigenvalue weighted by Gasteiger charge is -2.31. The van der Waals surface area contributed by atoms with Crippen molar-refractivity contribution in [1.82, 2.24) is 15.2 Å². The van der Waals surface area contributed by atoms with Gasteiger partial charge in [0.15, 0.2) is 5.88 Å². The summed E-state index contributed by atoms with van der Waals surface area (Å²) in [5.41, 5.74) is 4.12. The Kier molecular flexibility index (Phi) is 8.47. The minimum absolute atomic E-state index is 0.109. The van der Waals surface area contributed by atoms with Crippen molar-refractivity contribution in [2.75, 3.05) is 32.8 Å². The lowest BCUT2D eigenvalue weighted by molar-refractivity contribution is 0.0696. The molecule has 41 heavy (non-hydrogen) atoms. The first kappa shape index (κ1) is 28.1. The number of piperidine rings is 1. The Bertz CT molecular complexity index is 1570. The molecular formula is C32H34N4O5. The highest BCUT2D eigenvalue weighted by Crippen LogP contribution is 2.33. The number of aromatic nitrogens is 1. The van der Waals surface area contributed by atoms with Crippen molar-refractivity contribution in [3.05, 3.63) is 94.5 Å². The van der Waals surface area contributed by atoms with Crippen LogP contribution in [0.4, 0.5) is 5.69 Å². The zero-order valence-electron chi connectivity index (χ0n) is 22.9. The highest BCUT2D eigenvalue weighted by Gasteiger charge is 2.22. The van der Waals surface area contributed by atoms with Crippen molar-refractivity contribution in [2.45, 2.75) is 19.8 Å². The number of aliphatic hydroxyl groups is 1. The number of carboxylic acid groups (broad SMARTS) is 1. The second-order valence-corrected chi connectivity index (χ2v) is 10.5. The van der Waals surface area contributed by atoms with Gasteiger partial charge in [-0.25, -0.2) is 9.79 Å². The molecule has 0 aliphatic carbocycles. The maximum atomic E-state index is 12.8. The Morgan fingerprint density at radius 1 is 1.02 bits per heavy atom. The topological polar surface area (TPSA) is 138 Å². The van der Waals surface area contributed by atoms with Gasteiger partial charge in [-0.05, 0) is 80.7 Å². The average Bonchev–Trinajstić information content (AvgIpc) is 3.30. The molecule has 1 aromatic heterocycles. The maximum absolute atomic E-state index is 12.8. The number of amides is 1. The van der Waals surface area contributed by atoms with Crippen LogP contribution in [0.25, 0.3) is 10.9 Å². The van der Waals surface area contributed by atoms with Crippen molar-refractivity contribution in [3.8, 4) is 5.88 Å². The molecule has 4 aromatic rings. The third kappa shape index (κ3) is 6.32. The van der Waals surface area contributed by atoms with E-state index in [2.05, 4.69) is 15.2 Å². The van der Waals surface area contributed by atoms with E-state index in [0.29, 0.717) is 58.0 Å². The number of hydrogen-bond donors (Lipinski definition) is 5. The van der Waals surface area contributed by atoms with Gasteiger partial charge >= 0.3 is 5.97 Å². The molecular weight excluding hydrogens is 520 g/mol. The summed E-state index contributed by atoms with van der Waals surface area (Å²) < 4.78 is 0. The number of H-pyrrole nitrogens is 1. The van der Waals surface area contributed by atoms with Gasteiger partial charge in [-0.3, -0.25) is 4.79 Å². The van der Waals surface area contributed by atoms with Crippen LogP contribution < -0.4 is 5.32 Å². The molecule has 9 heteroatoms. The smallest absolute Gasteiger partial charge is 0.336 e. The zero-order chi connectivity index (χ0) is 28.9. The number of benzene rings is 3. The van der Waals surface area contributed by atoms with Crippen molar-refractivity contribution in [2.24, 2.45) is 10.9 Å². The summed E-state index contributed by atoms with van der Waals surface area (Å²) in [4.78, 5) is 34.5. The fraction of sp³-hybridized carbons (Fsp3) is 0.281. The van der Waals surface area contributed by atoms with Crippen molar-refractivity contribution in [3.63, 3.8) is 0 Å². The number of aromatic amines is 1. The van der Waals surface area contributed by atoms with E-state index in [0.717, 1.165) is 31.5 Å². The third-order valence-corrected chi connectivity index (χ3v) is 7.68. The van der Waals surface area contributed by atoms with Gasteiger partial charge in [0.1, 0.15) is 0 Å². The summed E-state index contributed by atoms with van der Waals surface area (Å²) in [7, 11) is 0. The first-order chi connectivity index (χ1) is 19.8. The van der Waals surface area contributed by atoms with E-state index in [4.69, 9.17) is 10.1 Å². The summed E-state index contributed by atoms with van der Waals surface area (Å²) in [5, 5.41) is 33.3. The number of aliphatic imine (C=N–C) groups is 1. The third-order valence-electron chi connectivity index (χ3n) is 7.68. The summed E-state index contributed by atoms with van der Waals surface area (Å²) in [6.07, 6.45) is 1.99. The Morgan fingerprint density at radius 2 is 1.73 bits per heavy atom. The number of carboxylic acids is 1. The fourth-order valence-electron chi connectivity index (χ4n) is 5.38. The summed E-state index contributed by atoms with van der Waals surface area (Å²) in [5.74, 6) is -0.863. The number of hydrogen-bond acceptors (Lipinski definition) is 6. The number of aryl methyl sites for hydroxylation is 1. The molecule has 1 amide bonds. The van der Waals surface area contributed by atoms with Crippen LogP contribution in [-0.4, -0.2) is 75.6 Å². The quantitative estimate of drug-likeness (QED) is 0.193. The lowest BCUT2D eigenvalue weighted by Crippen LogP contribution is -2.39. The van der Waals surface area contributed by atoms with Crippen LogP contribution in [0.15, 0.2) is 71.7 Å². The molecule has 2 heterocycles. The molecule has 0 spiro atoms. The molecule has 5 N–H and O–H groups in total. The Hall–Kier alpha value is -4.47. The summed E-state index contributed by atoms with van der Waals surface area (Å²) in [6, 6.07) is 19.7. The number of aliphatic hydroxyl groups excluding tert-OH is 1. The number of carbonyl (C=O) groups excluding carboxylic acids is 1. The predicted molar refractivity (Wildman–Crippen MR) is 158 cm³/mol. The van der Waals surface area contributed by atoms with E-state index in [-0.39, 0.29) is 24.0 Å². The molecule has 1 aliphatic rings. The van der Waals surface area contributed by atoms with Gasteiger partial charge in [0.25, 0.3) is 5.91 Å². The molecule has 9 nitrogen and oxygen atoms in total. The number of likely N-dealkylation sites (tertiary alicyclic amines) is 1. The molecule has 0 atom stereocenters. The summed E-state index contributed by atoms with van der Waals surface area (Å²) in [6.45, 7) is 5.08. The molecule has 1 aliphatic heterocycles. The number of rotatable bonds is 9. The molecule has 0 bridgehead atoms. The van der Waals surface area contributed by atoms with E-state index in [1.807, 2.05) is 30.3 Å². The number of nitrogens with zero attached hydrogens (tertiary/aromatic N) is 2. The van der Waals surface area contributed by atoms with E-state index < -0.39 is 5.97 Å². The monoisotopic (exact) mass is 554 g/mol. The van der Waals surface area contributed by atoms with Crippen LogP contribution in [-0.2, 0) is 0 Å². The van der Waals surface area contributed by atoms with Gasteiger partial charge < -0.3 is 30.5 Å². The van der Waals surface area contributed by atoms with E-state index in [1.54, 1.807) is 37.3 Å². The van der Waals surface area contributed by atoms with Crippen LogP contribution in [0, 0.1) is 12.8 Å². The SMILES string of the molecule is Cc1cc2c(C(=Nc3ccc(C(=O)NCC4CCN(CCO)CC4)cc3)c3ccccc3)c(O)[nH]c2cc1C(=O)O. The molecule has 1 saturated heterocycles. The number of aromatic hydroxyl groups is 1. The minimum Gasteiger partial charge on any atom is -0.494 e. The molecule has 0 radical (unpaired) electrons. The van der Waals surface area contributed by atoms with Gasteiger partial charge in [0.05, 0.1) is 29.1 Å². The average molecular weight is 555 g/mol.